The summed E-state index contributed by atoms with van der Waals surface area (Å²) < 4.78 is 0. The Kier molecular flexibility index (Phi) is 14.7. The summed E-state index contributed by atoms with van der Waals surface area (Å²) in [4.78, 5) is 0. The molecule has 0 amide bonds. The second-order valence-corrected chi connectivity index (χ2v) is 2.40. The molecule has 64 valence electrons. The van der Waals surface area contributed by atoms with E-state index in [0.717, 1.165) is 6.42 Å². The van der Waals surface area contributed by atoms with E-state index >= 15 is 0 Å². The molecule has 0 aromatic heterocycles. The highest BCUT2D eigenvalue weighted by Gasteiger charge is 1.88. The van der Waals surface area contributed by atoms with Gasteiger partial charge in [-0.15, -0.1) is 13.4 Å². The second-order valence-electron chi connectivity index (χ2n) is 2.40. The minimum absolute atomic E-state index is 0. The molecule has 0 aliphatic carbocycles. The van der Waals surface area contributed by atoms with Crippen molar-refractivity contribution >= 4 is 7.12 Å². The fourth-order valence-electron chi connectivity index (χ4n) is 0.469. The lowest BCUT2D eigenvalue weighted by molar-refractivity contribution is -0.348. The Morgan fingerprint density at radius 1 is 1.20 bits per heavy atom. The first-order chi connectivity index (χ1) is 3.63. The summed E-state index contributed by atoms with van der Waals surface area (Å²) >= 11 is 0. The Morgan fingerprint density at radius 2 is 1.60 bits per heavy atom. The van der Waals surface area contributed by atoms with Crippen LogP contribution in [0.3, 0.4) is 0 Å². The first-order valence-corrected chi connectivity index (χ1v) is 2.94. The van der Waals surface area contributed by atoms with Crippen molar-refractivity contribution in [2.45, 2.75) is 26.6 Å². The number of rotatable bonds is 3. The minimum Gasteiger partial charge on any atom is -0.893 e. The van der Waals surface area contributed by atoms with Crippen LogP contribution in [0.15, 0.2) is 0 Å². The first-order valence-electron chi connectivity index (χ1n) is 2.94. The van der Waals surface area contributed by atoms with Crippen LogP contribution in [-0.2, 0) is 0 Å². The van der Waals surface area contributed by atoms with Gasteiger partial charge in [0.1, 0.15) is 0 Å². The zero-order valence-corrected chi connectivity index (χ0v) is 7.39. The Morgan fingerprint density at radius 3 is 1.70 bits per heavy atom. The molecule has 0 saturated carbocycles. The average molecular weight is 150 g/mol. The molecule has 0 saturated heterocycles. The summed E-state index contributed by atoms with van der Waals surface area (Å²) in [5.41, 5.74) is 0. The van der Waals surface area contributed by atoms with Crippen molar-refractivity contribution in [1.29, 1.82) is 0 Å². The smallest absolute Gasteiger partial charge is 0.0479 e. The van der Waals surface area contributed by atoms with E-state index in [0.29, 0.717) is 5.92 Å². The van der Waals surface area contributed by atoms with Gasteiger partial charge in [0.2, 0.25) is 0 Å². The van der Waals surface area contributed by atoms with Crippen molar-refractivity contribution < 1.29 is 10.0 Å². The van der Waals surface area contributed by atoms with Crippen molar-refractivity contribution in [3.63, 3.8) is 0 Å². The highest BCUT2D eigenvalue weighted by Crippen LogP contribution is 2.02. The summed E-state index contributed by atoms with van der Waals surface area (Å²) in [6.45, 7) is 4.00. The maximum atomic E-state index is 9.88. The van der Waals surface area contributed by atoms with Gasteiger partial charge in [-0.25, -0.2) is 0 Å². The molecule has 0 unspecified atom stereocenters. The zero-order chi connectivity index (χ0) is 6.57. The third-order valence-corrected chi connectivity index (χ3v) is 0.980. The molecule has 0 aromatic carbocycles. The third kappa shape index (κ3) is 15.7. The van der Waals surface area contributed by atoms with Gasteiger partial charge < -0.3 is 22.3 Å². The van der Waals surface area contributed by atoms with Gasteiger partial charge in [0.05, 0.1) is 0 Å². The largest absolute Gasteiger partial charge is 0.893 e. The van der Waals surface area contributed by atoms with E-state index < -0.39 is 7.12 Å². The Bertz CT molecular complexity index is 53.6. The number of quaternary nitrogens is 2. The molecule has 8 N–H and O–H groups in total. The van der Waals surface area contributed by atoms with Crippen molar-refractivity contribution in [3.8, 4) is 0 Å². The van der Waals surface area contributed by atoms with Gasteiger partial charge in [0.25, 0.3) is 0 Å². The molecule has 0 radical (unpaired) electrons. The van der Waals surface area contributed by atoms with Crippen LogP contribution in [0.25, 0.3) is 0 Å². The predicted octanol–water partition coefficient (Wildman–Crippen LogP) is -0.00630. The average Bonchev–Trinajstić information content (AvgIpc) is 1.61. The van der Waals surface area contributed by atoms with Crippen LogP contribution in [0.1, 0.15) is 20.3 Å². The van der Waals surface area contributed by atoms with Crippen molar-refractivity contribution in [2.24, 2.45) is 5.92 Å². The molecule has 5 heteroatoms. The molecule has 0 bridgehead atoms. The molecule has 0 rings (SSSR count). The van der Waals surface area contributed by atoms with Crippen LogP contribution in [0.2, 0.25) is 6.32 Å². The Hall–Kier alpha value is -0.0951. The zero-order valence-electron chi connectivity index (χ0n) is 7.39. The van der Waals surface area contributed by atoms with Crippen molar-refractivity contribution in [3.05, 3.63) is 0 Å². The highest BCUT2D eigenvalue weighted by atomic mass is 16.4. The van der Waals surface area contributed by atoms with Crippen LogP contribution in [0.4, 0.5) is 0 Å². The fraction of sp³-hybridized carbons (Fsp3) is 1.00. The van der Waals surface area contributed by atoms with Crippen LogP contribution < -0.4 is 22.3 Å². The SMILES string of the molecule is CC(C)CCB([O-])[O-].[NH4+].[NH4+]. The van der Waals surface area contributed by atoms with E-state index in [1.54, 1.807) is 0 Å². The van der Waals surface area contributed by atoms with Gasteiger partial charge in [-0.1, -0.05) is 20.3 Å². The van der Waals surface area contributed by atoms with E-state index in [2.05, 4.69) is 0 Å². The predicted molar refractivity (Wildman–Crippen MR) is 42.0 cm³/mol. The standard InChI is InChI=1S/C5H11BO2.2H3N/c1-5(2)3-4-6(7)8;;/h5H,3-4H2,1-2H3;2*1H3/q-2;;/p+2. The lowest BCUT2D eigenvalue weighted by Gasteiger charge is -2.26. The summed E-state index contributed by atoms with van der Waals surface area (Å²) in [7, 11) is -1.61. The van der Waals surface area contributed by atoms with Gasteiger partial charge in [-0.05, 0) is 5.92 Å². The van der Waals surface area contributed by atoms with E-state index in [1.165, 1.54) is 0 Å². The van der Waals surface area contributed by atoms with Gasteiger partial charge in [-0.2, -0.15) is 0 Å². The van der Waals surface area contributed by atoms with E-state index in [4.69, 9.17) is 0 Å². The van der Waals surface area contributed by atoms with Crippen molar-refractivity contribution in [1.82, 2.24) is 12.3 Å². The quantitative estimate of drug-likeness (QED) is 0.550. The summed E-state index contributed by atoms with van der Waals surface area (Å²) in [5, 5.41) is 19.8. The van der Waals surface area contributed by atoms with Gasteiger partial charge in [0, 0.05) is 0 Å². The molecule has 10 heavy (non-hydrogen) atoms. The van der Waals surface area contributed by atoms with E-state index in [-0.39, 0.29) is 18.6 Å². The lowest BCUT2D eigenvalue weighted by atomic mass is 9.82. The lowest BCUT2D eigenvalue weighted by Crippen LogP contribution is -2.44. The van der Waals surface area contributed by atoms with Crippen LogP contribution in [0, 0.1) is 5.92 Å². The molecule has 0 aliphatic rings. The molecule has 0 aromatic rings. The molecule has 0 atom stereocenters. The van der Waals surface area contributed by atoms with Gasteiger partial charge in [0.15, 0.2) is 0 Å². The first kappa shape index (κ1) is 16.5. The maximum absolute atomic E-state index is 9.88. The third-order valence-electron chi connectivity index (χ3n) is 0.980. The Balaban J connectivity index is -0.000000245. The number of hydrogen-bond acceptors (Lipinski definition) is 2. The van der Waals surface area contributed by atoms with Crippen LogP contribution in [0.5, 0.6) is 0 Å². The van der Waals surface area contributed by atoms with Gasteiger partial charge in [-0.3, -0.25) is 0 Å². The maximum Gasteiger partial charge on any atom is -0.0479 e. The van der Waals surface area contributed by atoms with Crippen LogP contribution in [-0.4, -0.2) is 7.12 Å². The summed E-state index contributed by atoms with van der Waals surface area (Å²) in [5.74, 6) is 0.486. The molecule has 0 heterocycles. The topological polar surface area (TPSA) is 119 Å². The molecular formula is C5H19BN2O2. The van der Waals surface area contributed by atoms with E-state index in [1.807, 2.05) is 13.8 Å². The van der Waals surface area contributed by atoms with Gasteiger partial charge >= 0.3 is 0 Å². The summed E-state index contributed by atoms with van der Waals surface area (Å²) in [6, 6.07) is 0. The fourth-order valence-corrected chi connectivity index (χ4v) is 0.469. The second kappa shape index (κ2) is 8.90. The van der Waals surface area contributed by atoms with Crippen molar-refractivity contribution in [2.75, 3.05) is 0 Å². The monoisotopic (exact) mass is 150 g/mol. The Labute approximate surface area is 63.0 Å². The summed E-state index contributed by atoms with van der Waals surface area (Å²) in [6.07, 6.45) is 1.04. The molecular weight excluding hydrogens is 131 g/mol. The van der Waals surface area contributed by atoms with Crippen LogP contribution >= 0.6 is 0 Å². The molecule has 4 nitrogen and oxygen atoms in total. The molecule has 0 aliphatic heterocycles. The molecule has 0 spiro atoms. The molecule has 0 fully saturated rings. The van der Waals surface area contributed by atoms with E-state index in [9.17, 15) is 10.0 Å². The number of hydrogen-bond donors (Lipinski definition) is 2. The minimum atomic E-state index is -1.61. The highest BCUT2D eigenvalue weighted by molar-refractivity contribution is 6.36. The normalized spacial score (nSPS) is 8.10.